The number of aromatic amines is 1. The van der Waals surface area contributed by atoms with Crippen LogP contribution < -0.4 is 15.7 Å². The molecule has 1 amide bonds. The van der Waals surface area contributed by atoms with Crippen LogP contribution in [0.4, 0.5) is 0 Å². The predicted octanol–water partition coefficient (Wildman–Crippen LogP) is 1.21. The number of hydrogen-bond donors (Lipinski definition) is 2. The second-order valence-corrected chi connectivity index (χ2v) is 7.20. The van der Waals surface area contributed by atoms with Crippen LogP contribution in [0, 0.1) is 0 Å². The summed E-state index contributed by atoms with van der Waals surface area (Å²) in [5, 5.41) is 9.86. The van der Waals surface area contributed by atoms with Crippen molar-refractivity contribution in [1.29, 1.82) is 0 Å². The molecule has 1 fully saturated rings. The third-order valence-corrected chi connectivity index (χ3v) is 5.35. The molecule has 1 aromatic carbocycles. The van der Waals surface area contributed by atoms with Crippen molar-refractivity contribution < 1.29 is 14.3 Å². The highest BCUT2D eigenvalue weighted by molar-refractivity contribution is 7.99. The van der Waals surface area contributed by atoms with E-state index in [9.17, 15) is 9.59 Å². The Bertz CT molecular complexity index is 814. The molecule has 1 aromatic heterocycles. The van der Waals surface area contributed by atoms with Crippen LogP contribution in [0.1, 0.15) is 18.4 Å². The molecule has 1 atom stereocenters. The van der Waals surface area contributed by atoms with Gasteiger partial charge in [0.2, 0.25) is 5.91 Å². The lowest BCUT2D eigenvalue weighted by molar-refractivity contribution is -0.118. The molecule has 2 heterocycles. The molecule has 146 valence electrons. The molecule has 2 aromatic rings. The number of nitrogens with zero attached hydrogens (tertiary/aromatic N) is 2. The van der Waals surface area contributed by atoms with Gasteiger partial charge in [0.25, 0.3) is 0 Å². The summed E-state index contributed by atoms with van der Waals surface area (Å²) in [6.07, 6.45) is 2.67. The number of aromatic nitrogens is 3. The highest BCUT2D eigenvalue weighted by Gasteiger charge is 2.20. The van der Waals surface area contributed by atoms with E-state index < -0.39 is 0 Å². The molecule has 27 heavy (non-hydrogen) atoms. The van der Waals surface area contributed by atoms with Crippen molar-refractivity contribution in [1.82, 2.24) is 20.1 Å². The van der Waals surface area contributed by atoms with Crippen LogP contribution in [0.15, 0.2) is 34.2 Å². The van der Waals surface area contributed by atoms with Gasteiger partial charge in [0.1, 0.15) is 5.75 Å². The lowest BCUT2D eigenvalue weighted by atomic mass is 10.1. The van der Waals surface area contributed by atoms with Gasteiger partial charge >= 0.3 is 5.69 Å². The molecule has 2 N–H and O–H groups in total. The molecular formula is C18H24N4O4S. The Kier molecular flexibility index (Phi) is 6.94. The number of nitrogens with one attached hydrogen (secondary N) is 2. The van der Waals surface area contributed by atoms with E-state index in [1.807, 2.05) is 24.3 Å². The van der Waals surface area contributed by atoms with Gasteiger partial charge in [-0.05, 0) is 30.9 Å². The summed E-state index contributed by atoms with van der Waals surface area (Å²) >= 11 is 1.24. The number of carbonyl (C=O) groups is 1. The lowest BCUT2D eigenvalue weighted by Crippen LogP contribution is -2.28. The van der Waals surface area contributed by atoms with Crippen molar-refractivity contribution >= 4 is 17.7 Å². The van der Waals surface area contributed by atoms with E-state index in [4.69, 9.17) is 9.47 Å². The molecular weight excluding hydrogens is 368 g/mol. The molecule has 9 heteroatoms. The van der Waals surface area contributed by atoms with Crippen LogP contribution in [-0.2, 0) is 22.5 Å². The first kappa shape index (κ1) is 19.5. The van der Waals surface area contributed by atoms with Gasteiger partial charge in [-0.3, -0.25) is 9.36 Å². The first-order valence-corrected chi connectivity index (χ1v) is 9.94. The minimum Gasteiger partial charge on any atom is -0.496 e. The molecule has 8 nitrogen and oxygen atoms in total. The van der Waals surface area contributed by atoms with Crippen LogP contribution in [-0.4, -0.2) is 52.8 Å². The standard InChI is InChI=1S/C18H24N4O4S/c1-25-15-7-3-2-5-13(15)8-9-19-16(23)12-27-18-21-20-17(24)22(18)11-14-6-4-10-26-14/h2-3,5,7,14H,4,6,8-12H2,1H3,(H,19,23)(H,20,24)/t14-/m0/s1. The van der Waals surface area contributed by atoms with Crippen molar-refractivity contribution in [3.05, 3.63) is 40.3 Å². The number of benzene rings is 1. The molecule has 1 aliphatic heterocycles. The number of para-hydroxylation sites is 1. The molecule has 0 bridgehead atoms. The Labute approximate surface area is 161 Å². The van der Waals surface area contributed by atoms with E-state index in [1.54, 1.807) is 11.7 Å². The maximum atomic E-state index is 12.1. The number of H-pyrrole nitrogens is 1. The number of rotatable bonds is 9. The number of amides is 1. The number of ether oxygens (including phenoxy) is 2. The van der Waals surface area contributed by atoms with Gasteiger partial charge in [-0.1, -0.05) is 30.0 Å². The van der Waals surface area contributed by atoms with Crippen molar-refractivity contribution in [3.8, 4) is 5.75 Å². The topological polar surface area (TPSA) is 98.2 Å². The van der Waals surface area contributed by atoms with Crippen molar-refractivity contribution in [2.45, 2.75) is 37.1 Å². The van der Waals surface area contributed by atoms with E-state index in [0.29, 0.717) is 24.7 Å². The van der Waals surface area contributed by atoms with Crippen LogP contribution in [0.25, 0.3) is 0 Å². The molecule has 3 rings (SSSR count). The monoisotopic (exact) mass is 392 g/mol. The molecule has 1 saturated heterocycles. The lowest BCUT2D eigenvalue weighted by Gasteiger charge is -2.11. The molecule has 0 radical (unpaired) electrons. The minimum absolute atomic E-state index is 0.0364. The Hall–Kier alpha value is -2.26. The summed E-state index contributed by atoms with van der Waals surface area (Å²) in [6.45, 7) is 1.71. The zero-order valence-corrected chi connectivity index (χ0v) is 16.1. The summed E-state index contributed by atoms with van der Waals surface area (Å²) < 4.78 is 12.4. The van der Waals surface area contributed by atoms with Gasteiger partial charge in [0.15, 0.2) is 5.16 Å². The second-order valence-electron chi connectivity index (χ2n) is 6.26. The second kappa shape index (κ2) is 9.61. The molecule has 0 saturated carbocycles. The number of thioether (sulfide) groups is 1. The normalized spacial score (nSPS) is 16.4. The van der Waals surface area contributed by atoms with Crippen LogP contribution in [0.2, 0.25) is 0 Å². The minimum atomic E-state index is -0.274. The van der Waals surface area contributed by atoms with Gasteiger partial charge in [0, 0.05) is 13.2 Å². The Morgan fingerprint density at radius 2 is 2.33 bits per heavy atom. The summed E-state index contributed by atoms with van der Waals surface area (Å²) in [7, 11) is 1.63. The van der Waals surface area contributed by atoms with E-state index >= 15 is 0 Å². The van der Waals surface area contributed by atoms with Crippen LogP contribution in [0.5, 0.6) is 5.75 Å². The van der Waals surface area contributed by atoms with Crippen molar-refractivity contribution in [3.63, 3.8) is 0 Å². The van der Waals surface area contributed by atoms with E-state index in [1.165, 1.54) is 11.8 Å². The number of hydrogen-bond acceptors (Lipinski definition) is 6. The average molecular weight is 392 g/mol. The van der Waals surface area contributed by atoms with Gasteiger partial charge < -0.3 is 14.8 Å². The molecule has 0 unspecified atom stereocenters. The quantitative estimate of drug-likeness (QED) is 0.623. The maximum absolute atomic E-state index is 12.1. The SMILES string of the molecule is COc1ccccc1CCNC(=O)CSc1n[nH]c(=O)n1C[C@@H]1CCCO1. The maximum Gasteiger partial charge on any atom is 0.344 e. The van der Waals surface area contributed by atoms with Crippen LogP contribution >= 0.6 is 11.8 Å². The average Bonchev–Trinajstić information content (AvgIpc) is 3.31. The molecule has 1 aliphatic rings. The van der Waals surface area contributed by atoms with E-state index in [2.05, 4.69) is 15.5 Å². The third kappa shape index (κ3) is 5.36. The number of carbonyl (C=O) groups excluding carboxylic acids is 1. The Morgan fingerprint density at radius 3 is 3.11 bits per heavy atom. The van der Waals surface area contributed by atoms with Gasteiger partial charge in [-0.25, -0.2) is 9.89 Å². The molecule has 0 spiro atoms. The first-order valence-electron chi connectivity index (χ1n) is 8.95. The van der Waals surface area contributed by atoms with Crippen molar-refractivity contribution in [2.24, 2.45) is 0 Å². The number of methoxy groups -OCH3 is 1. The Balaban J connectivity index is 1.46. The summed E-state index contributed by atoms with van der Waals surface area (Å²) in [6, 6.07) is 7.74. The zero-order chi connectivity index (χ0) is 19.1. The largest absolute Gasteiger partial charge is 0.496 e. The van der Waals surface area contributed by atoms with Gasteiger partial charge in [-0.2, -0.15) is 0 Å². The highest BCUT2D eigenvalue weighted by Crippen LogP contribution is 2.19. The van der Waals surface area contributed by atoms with E-state index in [-0.39, 0.29) is 23.5 Å². The first-order chi connectivity index (χ1) is 13.2. The fraction of sp³-hybridized carbons (Fsp3) is 0.500. The zero-order valence-electron chi connectivity index (χ0n) is 15.3. The smallest absolute Gasteiger partial charge is 0.344 e. The fourth-order valence-electron chi connectivity index (χ4n) is 2.99. The summed E-state index contributed by atoms with van der Waals surface area (Å²) in [4.78, 5) is 24.0. The third-order valence-electron chi connectivity index (χ3n) is 4.37. The van der Waals surface area contributed by atoms with Crippen LogP contribution in [0.3, 0.4) is 0 Å². The predicted molar refractivity (Wildman–Crippen MR) is 102 cm³/mol. The summed E-state index contributed by atoms with van der Waals surface area (Å²) in [5.74, 6) is 0.909. The fourth-order valence-corrected chi connectivity index (χ4v) is 3.78. The van der Waals surface area contributed by atoms with Gasteiger partial charge in [0.05, 0.1) is 25.5 Å². The Morgan fingerprint density at radius 1 is 1.48 bits per heavy atom. The van der Waals surface area contributed by atoms with Crippen molar-refractivity contribution in [2.75, 3.05) is 26.0 Å². The molecule has 0 aliphatic carbocycles. The van der Waals surface area contributed by atoms with E-state index in [0.717, 1.165) is 30.8 Å². The highest BCUT2D eigenvalue weighted by atomic mass is 32.2. The summed E-state index contributed by atoms with van der Waals surface area (Å²) in [5.41, 5.74) is 0.773. The van der Waals surface area contributed by atoms with Gasteiger partial charge in [-0.15, -0.1) is 5.10 Å².